The van der Waals surface area contributed by atoms with Crippen LogP contribution < -0.4 is 0 Å². The van der Waals surface area contributed by atoms with Crippen molar-refractivity contribution >= 4 is 12.0 Å². The van der Waals surface area contributed by atoms with Gasteiger partial charge in [-0.15, -0.1) is 0 Å². The van der Waals surface area contributed by atoms with E-state index in [1.165, 1.54) is 6.08 Å². The van der Waals surface area contributed by atoms with Crippen LogP contribution >= 0.6 is 0 Å². The maximum atomic E-state index is 10.2. The van der Waals surface area contributed by atoms with Crippen molar-refractivity contribution in [2.24, 2.45) is 0 Å². The van der Waals surface area contributed by atoms with Gasteiger partial charge in [0.1, 0.15) is 18.1 Å². The zero-order valence-electron chi connectivity index (χ0n) is 7.19. The Bertz CT molecular complexity index is 311. The molecule has 1 aromatic rings. The van der Waals surface area contributed by atoms with Crippen LogP contribution in [0.3, 0.4) is 0 Å². The first kappa shape index (κ1) is 9.54. The summed E-state index contributed by atoms with van der Waals surface area (Å²) in [5, 5.41) is 8.33. The van der Waals surface area contributed by atoms with Gasteiger partial charge in [0.25, 0.3) is 0 Å². The first-order chi connectivity index (χ1) is 6.22. The van der Waals surface area contributed by atoms with Gasteiger partial charge >= 0.3 is 5.97 Å². The third-order valence-corrected chi connectivity index (χ3v) is 1.36. The summed E-state index contributed by atoms with van der Waals surface area (Å²) in [6.45, 7) is 0.390. The molecule has 0 atom stereocenters. The first-order valence-electron chi connectivity index (χ1n) is 3.71. The Balaban J connectivity index is 2.63. The molecule has 1 rings (SSSR count). The predicted molar refractivity (Wildman–Crippen MR) is 46.1 cm³/mol. The number of hydrogen-bond donors (Lipinski definition) is 1. The molecule has 0 aromatic carbocycles. The second-order valence-electron chi connectivity index (χ2n) is 2.41. The van der Waals surface area contributed by atoms with E-state index in [4.69, 9.17) is 14.3 Å². The van der Waals surface area contributed by atoms with Crippen LogP contribution in [-0.2, 0) is 16.1 Å². The molecule has 0 fully saturated rings. The van der Waals surface area contributed by atoms with Crippen molar-refractivity contribution in [3.8, 4) is 0 Å². The number of ether oxygens (including phenoxy) is 1. The lowest BCUT2D eigenvalue weighted by molar-refractivity contribution is -0.131. The number of hydrogen-bond acceptors (Lipinski definition) is 3. The third kappa shape index (κ3) is 3.13. The van der Waals surface area contributed by atoms with Crippen molar-refractivity contribution in [3.63, 3.8) is 0 Å². The van der Waals surface area contributed by atoms with E-state index < -0.39 is 5.97 Å². The van der Waals surface area contributed by atoms with Crippen LogP contribution in [0.25, 0.3) is 6.08 Å². The van der Waals surface area contributed by atoms with Gasteiger partial charge in [-0.25, -0.2) is 4.79 Å². The molecule has 0 saturated heterocycles. The van der Waals surface area contributed by atoms with Crippen molar-refractivity contribution in [1.29, 1.82) is 0 Å². The zero-order valence-corrected chi connectivity index (χ0v) is 7.19. The van der Waals surface area contributed by atoms with Gasteiger partial charge < -0.3 is 14.3 Å². The van der Waals surface area contributed by atoms with Crippen LogP contribution in [0, 0.1) is 0 Å². The first-order valence-corrected chi connectivity index (χ1v) is 3.71. The van der Waals surface area contributed by atoms with Crippen LogP contribution in [0.5, 0.6) is 0 Å². The van der Waals surface area contributed by atoms with E-state index in [9.17, 15) is 4.79 Å². The van der Waals surface area contributed by atoms with Crippen molar-refractivity contribution < 1.29 is 19.1 Å². The largest absolute Gasteiger partial charge is 0.478 e. The molecule has 0 radical (unpaired) electrons. The molecule has 0 aliphatic heterocycles. The van der Waals surface area contributed by atoms with Crippen molar-refractivity contribution in [2.75, 3.05) is 7.11 Å². The topological polar surface area (TPSA) is 59.7 Å². The quantitative estimate of drug-likeness (QED) is 0.717. The smallest absolute Gasteiger partial charge is 0.328 e. The summed E-state index contributed by atoms with van der Waals surface area (Å²) in [6, 6.07) is 3.43. The second kappa shape index (κ2) is 4.47. The lowest BCUT2D eigenvalue weighted by Crippen LogP contribution is -1.85. The maximum Gasteiger partial charge on any atom is 0.328 e. The van der Waals surface area contributed by atoms with Gasteiger partial charge in [0.2, 0.25) is 0 Å². The minimum absolute atomic E-state index is 0.390. The number of rotatable bonds is 4. The molecule has 0 amide bonds. The highest BCUT2D eigenvalue weighted by Gasteiger charge is 1.98. The summed E-state index contributed by atoms with van der Waals surface area (Å²) in [7, 11) is 1.56. The van der Waals surface area contributed by atoms with Gasteiger partial charge in [-0.1, -0.05) is 0 Å². The monoisotopic (exact) mass is 182 g/mol. The molecule has 0 spiro atoms. The summed E-state index contributed by atoms with van der Waals surface area (Å²) in [4.78, 5) is 10.2. The normalized spacial score (nSPS) is 10.8. The van der Waals surface area contributed by atoms with Crippen molar-refractivity contribution in [3.05, 3.63) is 29.7 Å². The average Bonchev–Trinajstić information content (AvgIpc) is 2.50. The van der Waals surface area contributed by atoms with Crippen LogP contribution in [0.4, 0.5) is 0 Å². The molecule has 0 aliphatic rings. The van der Waals surface area contributed by atoms with Gasteiger partial charge in [-0.2, -0.15) is 0 Å². The number of carbonyl (C=O) groups is 1. The molecule has 13 heavy (non-hydrogen) atoms. The maximum absolute atomic E-state index is 10.2. The fourth-order valence-electron chi connectivity index (χ4n) is 0.857. The van der Waals surface area contributed by atoms with Crippen LogP contribution in [0.2, 0.25) is 0 Å². The standard InChI is InChI=1S/C9H10O4/c1-12-6-8-3-2-7(13-8)4-5-9(10)11/h2-5H,6H2,1H3,(H,10,11)/b5-4+. The average molecular weight is 182 g/mol. The molecule has 0 unspecified atom stereocenters. The molecule has 4 heteroatoms. The summed E-state index contributed by atoms with van der Waals surface area (Å²) in [6.07, 6.45) is 2.41. The van der Waals surface area contributed by atoms with E-state index in [-0.39, 0.29) is 0 Å². The van der Waals surface area contributed by atoms with Crippen LogP contribution in [0.15, 0.2) is 22.6 Å². The van der Waals surface area contributed by atoms with Gasteiger partial charge in [-0.05, 0) is 18.2 Å². The third-order valence-electron chi connectivity index (χ3n) is 1.36. The summed E-state index contributed by atoms with van der Waals surface area (Å²) in [5.74, 6) is 0.187. The predicted octanol–water partition coefficient (Wildman–Crippen LogP) is 1.52. The molecule has 1 aromatic heterocycles. The fraction of sp³-hybridized carbons (Fsp3) is 0.222. The van der Waals surface area contributed by atoms with E-state index in [1.54, 1.807) is 19.2 Å². The Kier molecular flexibility index (Phi) is 3.28. The SMILES string of the molecule is COCc1ccc(/C=C/C(=O)O)o1. The Labute approximate surface area is 75.4 Å². The van der Waals surface area contributed by atoms with Crippen LogP contribution in [-0.4, -0.2) is 18.2 Å². The Morgan fingerprint density at radius 3 is 3.08 bits per heavy atom. The molecule has 1 heterocycles. The zero-order chi connectivity index (χ0) is 9.68. The fourth-order valence-corrected chi connectivity index (χ4v) is 0.857. The molecule has 4 nitrogen and oxygen atoms in total. The van der Waals surface area contributed by atoms with E-state index >= 15 is 0 Å². The minimum Gasteiger partial charge on any atom is -0.478 e. The van der Waals surface area contributed by atoms with Crippen molar-refractivity contribution in [2.45, 2.75) is 6.61 Å². The van der Waals surface area contributed by atoms with Gasteiger partial charge in [0.15, 0.2) is 0 Å². The molecular formula is C9H10O4. The van der Waals surface area contributed by atoms with Crippen molar-refractivity contribution in [1.82, 2.24) is 0 Å². The lowest BCUT2D eigenvalue weighted by atomic mass is 10.4. The van der Waals surface area contributed by atoms with E-state index in [0.29, 0.717) is 18.1 Å². The number of aliphatic carboxylic acids is 1. The molecule has 0 saturated carbocycles. The highest BCUT2D eigenvalue weighted by Crippen LogP contribution is 2.09. The minimum atomic E-state index is -0.996. The summed E-state index contributed by atoms with van der Waals surface area (Å²) < 4.78 is 10.0. The van der Waals surface area contributed by atoms with Gasteiger partial charge in [-0.3, -0.25) is 0 Å². The molecule has 0 bridgehead atoms. The Morgan fingerprint density at radius 2 is 2.46 bits per heavy atom. The molecule has 0 aliphatic carbocycles. The summed E-state index contributed by atoms with van der Waals surface area (Å²) in [5.41, 5.74) is 0. The van der Waals surface area contributed by atoms with E-state index in [0.717, 1.165) is 6.08 Å². The number of furan rings is 1. The highest BCUT2D eigenvalue weighted by atomic mass is 16.5. The molecule has 1 N–H and O–H groups in total. The number of methoxy groups -OCH3 is 1. The second-order valence-corrected chi connectivity index (χ2v) is 2.41. The molecule has 70 valence electrons. The highest BCUT2D eigenvalue weighted by molar-refractivity contribution is 5.84. The van der Waals surface area contributed by atoms with Gasteiger partial charge in [0.05, 0.1) is 0 Å². The van der Waals surface area contributed by atoms with E-state index in [1.807, 2.05) is 0 Å². The van der Waals surface area contributed by atoms with E-state index in [2.05, 4.69) is 0 Å². The van der Waals surface area contributed by atoms with Gasteiger partial charge in [0, 0.05) is 13.2 Å². The number of carboxylic acids is 1. The Hall–Kier alpha value is -1.55. The lowest BCUT2D eigenvalue weighted by Gasteiger charge is -1.91. The number of carboxylic acid groups (broad SMARTS) is 1. The molecular weight excluding hydrogens is 172 g/mol. The Morgan fingerprint density at radius 1 is 1.69 bits per heavy atom. The summed E-state index contributed by atoms with van der Waals surface area (Å²) >= 11 is 0. The van der Waals surface area contributed by atoms with Crippen LogP contribution in [0.1, 0.15) is 11.5 Å².